The van der Waals surface area contributed by atoms with E-state index in [1.165, 1.54) is 0 Å². The van der Waals surface area contributed by atoms with Crippen molar-refractivity contribution in [2.45, 2.75) is 0 Å². The largest absolute Gasteiger partial charge is 2.00 e. The zero-order valence-electron chi connectivity index (χ0n) is 4.14. The first kappa shape index (κ1) is 16.0. The normalized spacial score (nSPS) is 7.33. The van der Waals surface area contributed by atoms with E-state index in [0.717, 1.165) is 0 Å². The molecule has 0 aromatic rings. The molecule has 1 radical (unpaired) electrons. The van der Waals surface area contributed by atoms with E-state index in [-0.39, 0.29) is 17.1 Å². The molecule has 0 atom stereocenters. The maximum absolute atomic E-state index is 10.1. The van der Waals surface area contributed by atoms with E-state index >= 15 is 0 Å². The van der Waals surface area contributed by atoms with Gasteiger partial charge in [0, 0.05) is 0 Å². The van der Waals surface area contributed by atoms with Crippen molar-refractivity contribution in [3.63, 3.8) is 0 Å². The zero-order valence-corrected chi connectivity index (χ0v) is 5.97. The Morgan fingerprint density at radius 3 is 1.67 bits per heavy atom. The minimum absolute atomic E-state index is 0. The summed E-state index contributed by atoms with van der Waals surface area (Å²) < 4.78 is 18.6. The van der Waals surface area contributed by atoms with Crippen molar-refractivity contribution in [3.05, 3.63) is 6.92 Å². The maximum atomic E-state index is 10.1. The third kappa shape index (κ3) is 336000. The molecule has 6 heteroatoms. The van der Waals surface area contributed by atoms with Gasteiger partial charge in [0.05, 0.1) is 0 Å². The van der Waals surface area contributed by atoms with Gasteiger partial charge in [0.15, 0.2) is 0 Å². The van der Waals surface area contributed by atoms with E-state index in [1.54, 1.807) is 0 Å². The molecule has 0 saturated carbocycles. The van der Waals surface area contributed by atoms with E-state index in [0.29, 0.717) is 0 Å². The summed E-state index contributed by atoms with van der Waals surface area (Å²) in [6, 6.07) is 0. The van der Waals surface area contributed by atoms with Crippen LogP contribution in [0.3, 0.4) is 0 Å². The molecule has 0 aliphatic heterocycles. The molecule has 0 spiro atoms. The monoisotopic (exact) mass is 200 g/mol. The Balaban J connectivity index is -0.0000000800. The van der Waals surface area contributed by atoms with Gasteiger partial charge < -0.3 is 26.7 Å². The fourth-order valence-corrected chi connectivity index (χ4v) is 0. The molecule has 0 amide bonds. The summed E-state index contributed by atoms with van der Waals surface area (Å²) in [5.74, 6) is 2.00. The maximum Gasteiger partial charge on any atom is 2.00 e. The number of hydrogen-bond donors (Lipinski definition) is 0. The molecular formula is C3H3CuFO3P-. The van der Waals surface area contributed by atoms with Gasteiger partial charge in [-0.1, -0.05) is 0 Å². The van der Waals surface area contributed by atoms with E-state index in [2.05, 4.69) is 13.3 Å². The molecule has 3 nitrogen and oxygen atoms in total. The summed E-state index contributed by atoms with van der Waals surface area (Å²) in [6.45, 7) is 3.01. The average molecular weight is 201 g/mol. The van der Waals surface area contributed by atoms with Gasteiger partial charge in [0.2, 0.25) is 0 Å². The van der Waals surface area contributed by atoms with Crippen molar-refractivity contribution in [2.24, 2.45) is 0 Å². The van der Waals surface area contributed by atoms with Crippen LogP contribution in [0.1, 0.15) is 0 Å². The van der Waals surface area contributed by atoms with Crippen LogP contribution in [0.5, 0.6) is 0 Å². The molecule has 0 bridgehead atoms. The Hall–Kier alpha value is 0.0295. The Morgan fingerprint density at radius 2 is 1.67 bits per heavy atom. The van der Waals surface area contributed by atoms with Gasteiger partial charge in [-0.3, -0.25) is 0 Å². The summed E-state index contributed by atoms with van der Waals surface area (Å²) >= 11 is 0. The van der Waals surface area contributed by atoms with Crippen molar-refractivity contribution >= 4 is 7.91 Å². The van der Waals surface area contributed by atoms with E-state index in [9.17, 15) is 4.20 Å². The summed E-state index contributed by atoms with van der Waals surface area (Å²) in [5.41, 5.74) is 0. The van der Waals surface area contributed by atoms with Crippen molar-refractivity contribution in [3.8, 4) is 12.3 Å². The van der Waals surface area contributed by atoms with Crippen LogP contribution in [0.15, 0.2) is 0 Å². The van der Waals surface area contributed by atoms with Crippen LogP contribution in [-0.2, 0) is 21.6 Å². The molecule has 0 rings (SSSR count). The third-order valence-electron chi connectivity index (χ3n) is 0. The van der Waals surface area contributed by atoms with Crippen molar-refractivity contribution in [1.29, 1.82) is 0 Å². The molecule has 0 heterocycles. The first-order valence-corrected chi connectivity index (χ1v) is 2.79. The van der Waals surface area contributed by atoms with Crippen molar-refractivity contribution in [2.75, 3.05) is 0 Å². The van der Waals surface area contributed by atoms with Gasteiger partial charge in [-0.2, -0.15) is 6.92 Å². The standard InChI is InChI=1S/C3H3.Cu.FH2O3P/c1-3-2;;1-5(2,3)4/h1H,2H2;;(H2,2,3,4)/q-1;+2;/p-2. The molecule has 57 valence electrons. The Labute approximate surface area is 63.4 Å². The van der Waals surface area contributed by atoms with Gasteiger partial charge in [-0.25, -0.2) is 4.20 Å². The minimum Gasteiger partial charge on any atom is -0.786 e. The van der Waals surface area contributed by atoms with Gasteiger partial charge in [-0.15, -0.1) is 0 Å². The van der Waals surface area contributed by atoms with Gasteiger partial charge in [-0.05, 0) is 0 Å². The molecule has 0 aromatic heterocycles. The second-order valence-electron chi connectivity index (χ2n) is 0.635. The number of rotatable bonds is 0. The molecule has 0 unspecified atom stereocenters. The van der Waals surface area contributed by atoms with E-state index in [4.69, 9.17) is 14.4 Å². The van der Waals surface area contributed by atoms with Crippen LogP contribution in [0.4, 0.5) is 4.20 Å². The summed E-state index contributed by atoms with van der Waals surface area (Å²) in [6.07, 6.45) is 4.49. The molecule has 0 aliphatic rings. The van der Waals surface area contributed by atoms with Gasteiger partial charge in [0.1, 0.15) is 7.91 Å². The quantitative estimate of drug-likeness (QED) is 0.223. The Bertz CT molecular complexity index is 117. The molecule has 0 aromatic carbocycles. The number of terminal acetylenes is 1. The average Bonchev–Trinajstić information content (AvgIpc) is 1.27. The molecule has 0 N–H and O–H groups in total. The molecular weight excluding hydrogens is 198 g/mol. The molecule has 0 fully saturated rings. The minimum atomic E-state index is -5.64. The SMILES string of the molecule is C#C[CH2-].O=P([O-])([O-])F.[Cu+2]. The number of halogens is 1. The van der Waals surface area contributed by atoms with Crippen molar-refractivity contribution in [1.82, 2.24) is 0 Å². The zero-order chi connectivity index (χ0) is 7.21. The molecule has 9 heavy (non-hydrogen) atoms. The summed E-state index contributed by atoms with van der Waals surface area (Å²) in [5, 5.41) is 0. The van der Waals surface area contributed by atoms with Crippen LogP contribution >= 0.6 is 7.91 Å². The van der Waals surface area contributed by atoms with Crippen molar-refractivity contribution < 1.29 is 35.6 Å². The number of hydrogen-bond acceptors (Lipinski definition) is 3. The van der Waals surface area contributed by atoms with Crippen LogP contribution < -0.4 is 9.79 Å². The van der Waals surface area contributed by atoms with E-state index in [1.807, 2.05) is 5.92 Å². The molecule has 0 saturated heterocycles. The van der Waals surface area contributed by atoms with Crippen LogP contribution in [-0.4, -0.2) is 0 Å². The second-order valence-corrected chi connectivity index (χ2v) is 1.50. The smallest absolute Gasteiger partial charge is 0.786 e. The van der Waals surface area contributed by atoms with Crippen LogP contribution in [0, 0.1) is 19.3 Å². The topological polar surface area (TPSA) is 63.2 Å². The summed E-state index contributed by atoms with van der Waals surface area (Å²) in [7, 11) is -5.64. The Morgan fingerprint density at radius 1 is 1.67 bits per heavy atom. The third-order valence-corrected chi connectivity index (χ3v) is 0. The van der Waals surface area contributed by atoms with Crippen LogP contribution in [0.25, 0.3) is 0 Å². The predicted octanol–water partition coefficient (Wildman–Crippen LogP) is -0.764. The first-order valence-electron chi connectivity index (χ1n) is 1.36. The fraction of sp³-hybridized carbons (Fsp3) is 0. The van der Waals surface area contributed by atoms with Gasteiger partial charge in [0.25, 0.3) is 0 Å². The first-order chi connectivity index (χ1) is 3.41. The van der Waals surface area contributed by atoms with Crippen LogP contribution in [0.2, 0.25) is 0 Å². The fourth-order valence-electron chi connectivity index (χ4n) is 0. The summed E-state index contributed by atoms with van der Waals surface area (Å²) in [4.78, 5) is 16.9. The van der Waals surface area contributed by atoms with Gasteiger partial charge >= 0.3 is 17.1 Å². The second kappa shape index (κ2) is 8.03. The predicted molar refractivity (Wildman–Crippen MR) is 22.9 cm³/mol. The Kier molecular flexibility index (Phi) is 14.3. The molecule has 0 aliphatic carbocycles. The van der Waals surface area contributed by atoms with E-state index < -0.39 is 7.91 Å².